The first-order chi connectivity index (χ1) is 20.8. The van der Waals surface area contributed by atoms with Gasteiger partial charge in [-0.2, -0.15) is 0 Å². The van der Waals surface area contributed by atoms with Crippen molar-refractivity contribution in [1.29, 1.82) is 0 Å². The first-order valence-electron chi connectivity index (χ1n) is 14.9. The summed E-state index contributed by atoms with van der Waals surface area (Å²) >= 11 is 0. The number of aromatic nitrogens is 2. The molecule has 1 saturated heterocycles. The van der Waals surface area contributed by atoms with Crippen molar-refractivity contribution in [2.24, 2.45) is 0 Å². The number of nitrogens with zero attached hydrogens (tertiary/aromatic N) is 3. The topological polar surface area (TPSA) is 24.9 Å². The molecule has 7 aromatic rings. The Hall–Kier alpha value is -4.90. The van der Waals surface area contributed by atoms with Crippen molar-refractivity contribution in [2.75, 3.05) is 6.54 Å². The Labute approximate surface area is 243 Å². The van der Waals surface area contributed by atoms with E-state index in [-0.39, 0.29) is 0 Å². The molecule has 4 unspecified atom stereocenters. The molecule has 1 N–H and O–H groups in total. The van der Waals surface area contributed by atoms with Gasteiger partial charge >= 0.3 is 0 Å². The molecule has 0 aliphatic carbocycles. The number of nitrogens with one attached hydrogen (secondary N) is 1. The second-order valence-corrected chi connectivity index (χ2v) is 11.8. The molecule has 0 spiro atoms. The van der Waals surface area contributed by atoms with Crippen LogP contribution < -0.4 is 5.32 Å². The van der Waals surface area contributed by atoms with Crippen LogP contribution in [0, 0.1) is 0 Å². The number of rotatable bonds is 3. The Balaban J connectivity index is 1.21. The largest absolute Gasteiger partial charge is 0.309 e. The Bertz CT molecular complexity index is 2280. The van der Waals surface area contributed by atoms with Crippen LogP contribution in [0.1, 0.15) is 11.6 Å². The lowest BCUT2D eigenvalue weighted by molar-refractivity contribution is 0.368. The summed E-state index contributed by atoms with van der Waals surface area (Å²) in [7, 11) is 0. The van der Waals surface area contributed by atoms with Gasteiger partial charge in [-0.05, 0) is 59.7 Å². The lowest BCUT2D eigenvalue weighted by Crippen LogP contribution is -2.38. The molecule has 4 atom stereocenters. The van der Waals surface area contributed by atoms with Gasteiger partial charge in [0, 0.05) is 39.5 Å². The summed E-state index contributed by atoms with van der Waals surface area (Å²) in [6, 6.07) is 43.3. The molecule has 0 amide bonds. The van der Waals surface area contributed by atoms with Crippen molar-refractivity contribution in [1.82, 2.24) is 19.4 Å². The van der Waals surface area contributed by atoms with Crippen molar-refractivity contribution in [3.63, 3.8) is 0 Å². The fourth-order valence-corrected chi connectivity index (χ4v) is 7.76. The van der Waals surface area contributed by atoms with Crippen LogP contribution in [-0.2, 0) is 0 Å². The van der Waals surface area contributed by atoms with Crippen LogP contribution in [0.4, 0.5) is 0 Å². The van der Waals surface area contributed by atoms with E-state index in [1.165, 1.54) is 66.1 Å². The predicted octanol–water partition coefficient (Wildman–Crippen LogP) is 8.03. The average Bonchev–Trinajstić information content (AvgIpc) is 3.31. The Kier molecular flexibility index (Phi) is 4.51. The third kappa shape index (κ3) is 3.03. The quantitative estimate of drug-likeness (QED) is 0.230. The Morgan fingerprint density at radius 1 is 0.571 bits per heavy atom. The Morgan fingerprint density at radius 3 is 2.00 bits per heavy atom. The molecule has 4 nitrogen and oxygen atoms in total. The summed E-state index contributed by atoms with van der Waals surface area (Å²) in [5, 5.41) is 8.82. The van der Waals surface area contributed by atoms with Crippen LogP contribution in [0.15, 0.2) is 139 Å². The molecular weight excluding hydrogens is 512 g/mol. The first-order valence-corrected chi connectivity index (χ1v) is 14.9. The lowest BCUT2D eigenvalue weighted by Gasteiger charge is -2.22. The monoisotopic (exact) mass is 540 g/mol. The van der Waals surface area contributed by atoms with E-state index in [0.717, 1.165) is 6.54 Å². The number of fused-ring (bicyclic) bond motifs is 9. The fourth-order valence-electron chi connectivity index (χ4n) is 7.76. The minimum Gasteiger partial charge on any atom is -0.309 e. The predicted molar refractivity (Wildman–Crippen MR) is 173 cm³/mol. The molecule has 5 aromatic carbocycles. The molecule has 42 heavy (non-hydrogen) atoms. The maximum absolute atomic E-state index is 3.67. The van der Waals surface area contributed by atoms with Crippen molar-refractivity contribution in [3.8, 4) is 11.4 Å². The van der Waals surface area contributed by atoms with Gasteiger partial charge in [0.15, 0.2) is 0 Å². The van der Waals surface area contributed by atoms with Crippen LogP contribution >= 0.6 is 0 Å². The van der Waals surface area contributed by atoms with E-state index < -0.39 is 0 Å². The van der Waals surface area contributed by atoms with Gasteiger partial charge in [0.05, 0.1) is 40.3 Å². The normalized spacial score (nSPS) is 22.6. The molecule has 4 heteroatoms. The molecule has 2 aromatic heterocycles. The zero-order valence-corrected chi connectivity index (χ0v) is 23.0. The maximum atomic E-state index is 3.67. The molecule has 0 saturated carbocycles. The van der Waals surface area contributed by atoms with E-state index >= 15 is 0 Å². The molecule has 0 radical (unpaired) electrons. The minimum atomic E-state index is 0.343. The van der Waals surface area contributed by atoms with Gasteiger partial charge in [0.25, 0.3) is 0 Å². The second-order valence-electron chi connectivity index (χ2n) is 11.8. The van der Waals surface area contributed by atoms with E-state index in [1.807, 2.05) is 0 Å². The fraction of sp³-hybridized carbons (Fsp3) is 0.105. The van der Waals surface area contributed by atoms with Gasteiger partial charge in [0.1, 0.15) is 0 Å². The van der Waals surface area contributed by atoms with Crippen LogP contribution in [0.2, 0.25) is 0 Å². The molecular formula is C38H28N4. The third-order valence-electron chi connectivity index (χ3n) is 9.57. The van der Waals surface area contributed by atoms with Crippen LogP contribution in [0.3, 0.4) is 0 Å². The lowest BCUT2D eigenvalue weighted by atomic mass is 10.0. The summed E-state index contributed by atoms with van der Waals surface area (Å²) < 4.78 is 4.88. The van der Waals surface area contributed by atoms with E-state index in [1.54, 1.807) is 0 Å². The summed E-state index contributed by atoms with van der Waals surface area (Å²) in [6.07, 6.45) is 7.30. The van der Waals surface area contributed by atoms with Crippen molar-refractivity contribution < 1.29 is 0 Å². The molecule has 0 bridgehead atoms. The van der Waals surface area contributed by atoms with Crippen LogP contribution in [0.25, 0.3) is 55.0 Å². The number of para-hydroxylation sites is 3. The first kappa shape index (κ1) is 22.8. The van der Waals surface area contributed by atoms with Gasteiger partial charge < -0.3 is 9.13 Å². The van der Waals surface area contributed by atoms with Crippen LogP contribution in [0.5, 0.6) is 0 Å². The standard InChI is InChI=1S/C38H28N4/c1-2-12-26(13-3-1)40-32-17-6-4-15-28(32)30-22-31-29-16-5-7-18-33(29)41(35(31)23-34(30)40)27-14-8-10-24(20-27)37-36-21-25-11-9-19-39-38(25)42(36)37/h1-18,20-23,36-39H,19H2. The highest BCUT2D eigenvalue weighted by atomic mass is 15.4. The van der Waals surface area contributed by atoms with Gasteiger partial charge in [-0.15, -0.1) is 0 Å². The third-order valence-corrected chi connectivity index (χ3v) is 9.57. The second kappa shape index (κ2) is 8.32. The molecule has 200 valence electrons. The van der Waals surface area contributed by atoms with Crippen molar-refractivity contribution in [2.45, 2.75) is 18.2 Å². The summed E-state index contributed by atoms with van der Waals surface area (Å²) in [6.45, 7) is 0.938. The van der Waals surface area contributed by atoms with E-state index in [0.29, 0.717) is 18.2 Å². The molecule has 1 fully saturated rings. The summed E-state index contributed by atoms with van der Waals surface area (Å²) in [5.41, 5.74) is 10.1. The SMILES string of the molecule is C1=CC2=CC3C(c4cccc(-n5c6ccccc6c6cc7c8ccccc8n(-c8ccccc8)c7cc65)c4)N3C2NC1. The van der Waals surface area contributed by atoms with Crippen molar-refractivity contribution in [3.05, 3.63) is 145 Å². The number of benzene rings is 5. The van der Waals surface area contributed by atoms with E-state index in [9.17, 15) is 0 Å². The highest BCUT2D eigenvalue weighted by Gasteiger charge is 2.55. The number of hydrogen-bond acceptors (Lipinski definition) is 2. The molecule has 3 aliphatic heterocycles. The minimum absolute atomic E-state index is 0.343. The number of hydrogen-bond donors (Lipinski definition) is 1. The summed E-state index contributed by atoms with van der Waals surface area (Å²) in [4.78, 5) is 2.60. The maximum Gasteiger partial charge on any atom is 0.0871 e. The smallest absolute Gasteiger partial charge is 0.0871 e. The summed E-state index contributed by atoms with van der Waals surface area (Å²) in [5.74, 6) is 0. The van der Waals surface area contributed by atoms with Crippen molar-refractivity contribution >= 4 is 43.6 Å². The van der Waals surface area contributed by atoms with E-state index in [4.69, 9.17) is 0 Å². The van der Waals surface area contributed by atoms with E-state index in [2.05, 4.69) is 153 Å². The molecule has 10 rings (SSSR count). The zero-order valence-electron chi connectivity index (χ0n) is 23.0. The highest BCUT2D eigenvalue weighted by Crippen LogP contribution is 2.52. The Morgan fingerprint density at radius 2 is 1.24 bits per heavy atom. The van der Waals surface area contributed by atoms with Gasteiger partial charge in [0.2, 0.25) is 0 Å². The van der Waals surface area contributed by atoms with Crippen LogP contribution in [-0.4, -0.2) is 32.8 Å². The van der Waals surface area contributed by atoms with Gasteiger partial charge in [-0.3, -0.25) is 10.2 Å². The van der Waals surface area contributed by atoms with Gasteiger partial charge in [-0.25, -0.2) is 0 Å². The molecule has 5 heterocycles. The van der Waals surface area contributed by atoms with Gasteiger partial charge in [-0.1, -0.05) is 85.0 Å². The average molecular weight is 541 g/mol. The highest BCUT2D eigenvalue weighted by molar-refractivity contribution is 6.19. The molecule has 3 aliphatic rings. The zero-order chi connectivity index (χ0) is 27.4.